The molecule has 0 saturated heterocycles. The Morgan fingerprint density at radius 3 is 2.83 bits per heavy atom. The molecule has 2 radical (unpaired) electrons. The minimum absolute atomic E-state index is 1.21. The normalized spacial score (nSPS) is 10.2. The van der Waals surface area contributed by atoms with Gasteiger partial charge in [-0.1, -0.05) is 37.5 Å². The molecule has 0 bridgehead atoms. The second-order valence-electron chi connectivity index (χ2n) is 3.26. The number of unbranched alkanes of at least 4 members (excludes halogenated alkanes) is 1. The lowest BCUT2D eigenvalue weighted by Gasteiger charge is -2.15. The standard InChI is InChI=1S/C11H16B/c1-3-4-8-12-11-7-5-6-10(2)9-11/h5-7,9H,3-4,8H2,1-2H3/q-1. The van der Waals surface area contributed by atoms with E-state index < -0.39 is 0 Å². The fourth-order valence-corrected chi connectivity index (χ4v) is 1.27. The van der Waals surface area contributed by atoms with Gasteiger partial charge in [0.1, 0.15) is 0 Å². The topological polar surface area (TPSA) is 0 Å². The van der Waals surface area contributed by atoms with Crippen LogP contribution in [0.25, 0.3) is 0 Å². The molecule has 0 N–H and O–H groups in total. The molecule has 0 fully saturated rings. The van der Waals surface area contributed by atoms with E-state index in [-0.39, 0.29) is 0 Å². The average molecular weight is 159 g/mol. The summed E-state index contributed by atoms with van der Waals surface area (Å²) in [5.41, 5.74) is 2.71. The smallest absolute Gasteiger partial charge is 0.0399 e. The Balaban J connectivity index is 2.41. The van der Waals surface area contributed by atoms with Gasteiger partial charge in [0.25, 0.3) is 0 Å². The summed E-state index contributed by atoms with van der Waals surface area (Å²) >= 11 is 0. The van der Waals surface area contributed by atoms with Crippen LogP contribution in [0.2, 0.25) is 6.32 Å². The highest BCUT2D eigenvalue weighted by atomic mass is 13.9. The summed E-state index contributed by atoms with van der Waals surface area (Å²) in [6, 6.07) is 8.66. The van der Waals surface area contributed by atoms with Crippen molar-refractivity contribution < 1.29 is 0 Å². The molecule has 0 heterocycles. The third-order valence-corrected chi connectivity index (χ3v) is 1.98. The summed E-state index contributed by atoms with van der Waals surface area (Å²) in [5.74, 6) is 0. The van der Waals surface area contributed by atoms with E-state index in [9.17, 15) is 0 Å². The lowest BCUT2D eigenvalue weighted by molar-refractivity contribution is 0.881. The van der Waals surface area contributed by atoms with Crippen LogP contribution in [-0.4, -0.2) is 7.28 Å². The quantitative estimate of drug-likeness (QED) is 0.467. The van der Waals surface area contributed by atoms with Gasteiger partial charge in [-0.25, -0.2) is 6.32 Å². The molecule has 1 aromatic carbocycles. The maximum atomic E-state index is 2.32. The number of hydrogen-bond donors (Lipinski definition) is 0. The number of rotatable bonds is 4. The fraction of sp³-hybridized carbons (Fsp3) is 0.455. The van der Waals surface area contributed by atoms with E-state index in [0.717, 1.165) is 0 Å². The van der Waals surface area contributed by atoms with Gasteiger partial charge < -0.3 is 0 Å². The minimum atomic E-state index is 1.21. The fourth-order valence-electron chi connectivity index (χ4n) is 1.27. The second-order valence-corrected chi connectivity index (χ2v) is 3.26. The molecule has 0 atom stereocenters. The largest absolute Gasteiger partial charge is 0.297 e. The van der Waals surface area contributed by atoms with Crippen molar-refractivity contribution >= 4 is 12.7 Å². The van der Waals surface area contributed by atoms with Gasteiger partial charge >= 0.3 is 0 Å². The summed E-state index contributed by atoms with van der Waals surface area (Å²) in [7, 11) is 2.32. The van der Waals surface area contributed by atoms with Crippen LogP contribution in [0, 0.1) is 6.92 Å². The zero-order chi connectivity index (χ0) is 8.81. The molecule has 0 spiro atoms. The van der Waals surface area contributed by atoms with Crippen molar-refractivity contribution in [2.75, 3.05) is 0 Å². The van der Waals surface area contributed by atoms with Gasteiger partial charge in [-0.2, -0.15) is 0 Å². The van der Waals surface area contributed by atoms with Gasteiger partial charge in [-0.15, -0.1) is 12.1 Å². The first-order chi connectivity index (χ1) is 5.83. The van der Waals surface area contributed by atoms with Crippen molar-refractivity contribution in [2.45, 2.75) is 33.0 Å². The molecule has 1 aromatic rings. The van der Waals surface area contributed by atoms with E-state index in [2.05, 4.69) is 45.4 Å². The third kappa shape index (κ3) is 3.12. The van der Waals surface area contributed by atoms with Crippen LogP contribution in [0.1, 0.15) is 25.3 Å². The maximum absolute atomic E-state index is 2.32. The Bertz CT molecular complexity index is 230. The number of hydrogen-bond acceptors (Lipinski definition) is 0. The van der Waals surface area contributed by atoms with Crippen LogP contribution in [0.15, 0.2) is 24.3 Å². The second kappa shape index (κ2) is 5.02. The summed E-state index contributed by atoms with van der Waals surface area (Å²) in [4.78, 5) is 0. The van der Waals surface area contributed by atoms with E-state index in [1.807, 2.05) is 0 Å². The highest BCUT2D eigenvalue weighted by molar-refractivity contribution is 6.53. The van der Waals surface area contributed by atoms with Crippen LogP contribution < -0.4 is 5.46 Å². The van der Waals surface area contributed by atoms with Crippen LogP contribution in [0.5, 0.6) is 0 Å². The maximum Gasteiger partial charge on any atom is -0.0399 e. The highest BCUT2D eigenvalue weighted by Crippen LogP contribution is 1.96. The zero-order valence-electron chi connectivity index (χ0n) is 8.01. The molecule has 0 aliphatic heterocycles. The summed E-state index contributed by atoms with van der Waals surface area (Å²) in [5, 5.41) is 0. The third-order valence-electron chi connectivity index (χ3n) is 1.98. The summed E-state index contributed by atoms with van der Waals surface area (Å²) in [6.45, 7) is 4.36. The molecule has 0 aliphatic rings. The molecular formula is C11H16B-. The van der Waals surface area contributed by atoms with Crippen molar-refractivity contribution in [1.29, 1.82) is 0 Å². The molecule has 0 saturated carbocycles. The highest BCUT2D eigenvalue weighted by Gasteiger charge is 1.80. The van der Waals surface area contributed by atoms with Gasteiger partial charge in [-0.3, -0.25) is 12.7 Å². The number of aryl methyl sites for hydroxylation is 1. The SMILES string of the molecule is CCCC[B-]c1cccc(C)c1. The van der Waals surface area contributed by atoms with Crippen molar-refractivity contribution in [3.63, 3.8) is 0 Å². The van der Waals surface area contributed by atoms with Crippen molar-refractivity contribution in [2.24, 2.45) is 0 Å². The van der Waals surface area contributed by atoms with Crippen LogP contribution in [0.4, 0.5) is 0 Å². The monoisotopic (exact) mass is 159 g/mol. The molecule has 0 aromatic heterocycles. The van der Waals surface area contributed by atoms with E-state index in [0.29, 0.717) is 0 Å². The lowest BCUT2D eigenvalue weighted by Crippen LogP contribution is -2.13. The average Bonchev–Trinajstić information content (AvgIpc) is 2.05. The van der Waals surface area contributed by atoms with Crippen LogP contribution in [0.3, 0.4) is 0 Å². The Kier molecular flexibility index (Phi) is 3.92. The van der Waals surface area contributed by atoms with Gasteiger partial charge in [0, 0.05) is 0 Å². The van der Waals surface area contributed by atoms with Crippen LogP contribution >= 0.6 is 0 Å². The zero-order valence-corrected chi connectivity index (χ0v) is 8.01. The molecule has 0 nitrogen and oxygen atoms in total. The molecule has 0 aliphatic carbocycles. The van der Waals surface area contributed by atoms with E-state index >= 15 is 0 Å². The minimum Gasteiger partial charge on any atom is -0.297 e. The molecule has 0 unspecified atom stereocenters. The molecular weight excluding hydrogens is 143 g/mol. The van der Waals surface area contributed by atoms with Crippen LogP contribution in [-0.2, 0) is 0 Å². The molecule has 1 rings (SSSR count). The van der Waals surface area contributed by atoms with Gasteiger partial charge in [0.05, 0.1) is 0 Å². The van der Waals surface area contributed by atoms with Gasteiger partial charge in [0.15, 0.2) is 0 Å². The molecule has 0 amide bonds. The molecule has 64 valence electrons. The first-order valence-corrected chi connectivity index (χ1v) is 4.73. The van der Waals surface area contributed by atoms with Gasteiger partial charge in [-0.05, 0) is 6.92 Å². The molecule has 1 heteroatoms. The van der Waals surface area contributed by atoms with E-state index in [1.54, 1.807) is 0 Å². The van der Waals surface area contributed by atoms with Crippen molar-refractivity contribution in [1.82, 2.24) is 0 Å². The Morgan fingerprint density at radius 1 is 1.33 bits per heavy atom. The molecule has 12 heavy (non-hydrogen) atoms. The lowest BCUT2D eigenvalue weighted by atomic mass is 9.66. The van der Waals surface area contributed by atoms with Crippen molar-refractivity contribution in [3.8, 4) is 0 Å². The van der Waals surface area contributed by atoms with Crippen molar-refractivity contribution in [3.05, 3.63) is 29.8 Å². The predicted octanol–water partition coefficient (Wildman–Crippen LogP) is 2.54. The summed E-state index contributed by atoms with van der Waals surface area (Å²) in [6.07, 6.45) is 3.79. The number of benzene rings is 1. The van der Waals surface area contributed by atoms with Gasteiger partial charge in [0.2, 0.25) is 0 Å². The summed E-state index contributed by atoms with van der Waals surface area (Å²) < 4.78 is 0. The Hall–Kier alpha value is -0.715. The Labute approximate surface area is 76.2 Å². The first kappa shape index (κ1) is 9.37. The predicted molar refractivity (Wildman–Crippen MR) is 56.3 cm³/mol. The van der Waals surface area contributed by atoms with E-state index in [4.69, 9.17) is 0 Å². The Morgan fingerprint density at radius 2 is 2.17 bits per heavy atom. The first-order valence-electron chi connectivity index (χ1n) is 4.73. The van der Waals surface area contributed by atoms with E-state index in [1.165, 1.54) is 30.2 Å².